The maximum atomic E-state index is 12.3. The van der Waals surface area contributed by atoms with E-state index in [4.69, 9.17) is 9.84 Å². The zero-order valence-electron chi connectivity index (χ0n) is 12.7. The van der Waals surface area contributed by atoms with Gasteiger partial charge in [-0.3, -0.25) is 9.59 Å². The van der Waals surface area contributed by atoms with E-state index in [1.54, 1.807) is 19.2 Å². The molecule has 6 nitrogen and oxygen atoms in total. The molecule has 0 aliphatic carbocycles. The lowest BCUT2D eigenvalue weighted by atomic mass is 10.1. The largest absolute Gasteiger partial charge is 0.497 e. The van der Waals surface area contributed by atoms with Crippen molar-refractivity contribution >= 4 is 11.9 Å². The molecule has 1 N–H and O–H groups in total. The van der Waals surface area contributed by atoms with E-state index < -0.39 is 5.97 Å². The molecule has 0 aliphatic heterocycles. The van der Waals surface area contributed by atoms with E-state index in [9.17, 15) is 9.59 Å². The zero-order chi connectivity index (χ0) is 15.8. The predicted octanol–water partition coefficient (Wildman–Crippen LogP) is 0.713. The molecule has 1 aromatic carbocycles. The van der Waals surface area contributed by atoms with E-state index in [0.717, 1.165) is 5.56 Å². The van der Waals surface area contributed by atoms with Crippen LogP contribution in [0.1, 0.15) is 5.56 Å². The van der Waals surface area contributed by atoms with Crippen molar-refractivity contribution in [3.63, 3.8) is 0 Å². The van der Waals surface area contributed by atoms with E-state index in [0.29, 0.717) is 18.8 Å². The molecule has 1 rings (SSSR count). The summed E-state index contributed by atoms with van der Waals surface area (Å²) in [5.41, 5.74) is 0.805. The lowest BCUT2D eigenvalue weighted by molar-refractivity contribution is -0.144. The average Bonchev–Trinajstić information content (AvgIpc) is 2.43. The number of benzene rings is 1. The second-order valence-corrected chi connectivity index (χ2v) is 5.04. The fourth-order valence-corrected chi connectivity index (χ4v) is 1.84. The van der Waals surface area contributed by atoms with Crippen LogP contribution in [0.25, 0.3) is 0 Å². The van der Waals surface area contributed by atoms with Gasteiger partial charge in [-0.25, -0.2) is 0 Å². The molecule has 0 saturated heterocycles. The smallest absolute Gasteiger partial charge is 0.323 e. The normalized spacial score (nSPS) is 10.5. The molecule has 0 unspecified atom stereocenters. The Morgan fingerprint density at radius 3 is 2.52 bits per heavy atom. The van der Waals surface area contributed by atoms with Crippen molar-refractivity contribution in [3.8, 4) is 5.75 Å². The van der Waals surface area contributed by atoms with Crippen molar-refractivity contribution in [1.82, 2.24) is 9.80 Å². The summed E-state index contributed by atoms with van der Waals surface area (Å²) in [6.45, 7) is 0.732. The topological polar surface area (TPSA) is 70.1 Å². The molecular formula is C15H22N2O4. The summed E-state index contributed by atoms with van der Waals surface area (Å²) in [5.74, 6) is -0.529. The summed E-state index contributed by atoms with van der Waals surface area (Å²) in [5, 5.41) is 8.92. The van der Waals surface area contributed by atoms with Crippen molar-refractivity contribution in [1.29, 1.82) is 0 Å². The van der Waals surface area contributed by atoms with Crippen molar-refractivity contribution < 1.29 is 19.4 Å². The van der Waals surface area contributed by atoms with Gasteiger partial charge < -0.3 is 19.6 Å². The van der Waals surface area contributed by atoms with E-state index in [1.807, 2.05) is 31.1 Å². The molecule has 116 valence electrons. The first-order chi connectivity index (χ1) is 9.92. The number of nitrogens with zero attached hydrogens (tertiary/aromatic N) is 2. The van der Waals surface area contributed by atoms with Crippen LogP contribution in [0.4, 0.5) is 0 Å². The molecule has 0 spiro atoms. The van der Waals surface area contributed by atoms with Crippen LogP contribution in [-0.4, -0.2) is 67.6 Å². The monoisotopic (exact) mass is 294 g/mol. The van der Waals surface area contributed by atoms with Crippen molar-refractivity contribution in [3.05, 3.63) is 29.8 Å². The number of aliphatic carboxylic acids is 1. The van der Waals surface area contributed by atoms with Crippen LogP contribution < -0.4 is 4.74 Å². The minimum atomic E-state index is -1.01. The number of rotatable bonds is 8. The van der Waals surface area contributed by atoms with Gasteiger partial charge in [-0.05, 0) is 31.8 Å². The zero-order valence-corrected chi connectivity index (χ0v) is 12.7. The number of carboxylic acid groups (broad SMARTS) is 1. The van der Waals surface area contributed by atoms with Crippen LogP contribution in [0.15, 0.2) is 24.3 Å². The number of hydrogen-bond acceptors (Lipinski definition) is 4. The quantitative estimate of drug-likeness (QED) is 0.765. The van der Waals surface area contributed by atoms with Crippen LogP contribution in [0.2, 0.25) is 0 Å². The molecule has 0 fully saturated rings. The van der Waals surface area contributed by atoms with Gasteiger partial charge in [-0.1, -0.05) is 12.1 Å². The molecule has 0 atom stereocenters. The number of methoxy groups -OCH3 is 1. The van der Waals surface area contributed by atoms with E-state index >= 15 is 0 Å². The van der Waals surface area contributed by atoms with Crippen LogP contribution in [0, 0.1) is 0 Å². The van der Waals surface area contributed by atoms with E-state index in [1.165, 1.54) is 4.90 Å². The second kappa shape index (κ2) is 8.26. The predicted molar refractivity (Wildman–Crippen MR) is 79.5 cm³/mol. The number of carbonyl (C=O) groups is 2. The summed E-state index contributed by atoms with van der Waals surface area (Å²) < 4.78 is 5.11. The second-order valence-electron chi connectivity index (χ2n) is 5.04. The van der Waals surface area contributed by atoms with Gasteiger partial charge in [-0.15, -0.1) is 0 Å². The van der Waals surface area contributed by atoms with Gasteiger partial charge in [0.05, 0.1) is 13.5 Å². The lowest BCUT2D eigenvalue weighted by Crippen LogP contribution is -2.40. The number of carboxylic acids is 1. The summed E-state index contributed by atoms with van der Waals surface area (Å²) in [4.78, 5) is 26.4. The molecule has 6 heteroatoms. The fraction of sp³-hybridized carbons (Fsp3) is 0.467. The van der Waals surface area contributed by atoms with Gasteiger partial charge >= 0.3 is 5.97 Å². The van der Waals surface area contributed by atoms with E-state index in [2.05, 4.69) is 0 Å². The molecule has 0 radical (unpaired) electrons. The Labute approximate surface area is 124 Å². The van der Waals surface area contributed by atoms with Crippen LogP contribution in [0.3, 0.4) is 0 Å². The van der Waals surface area contributed by atoms with Crippen LogP contribution >= 0.6 is 0 Å². The molecule has 1 aromatic rings. The number of amides is 1. The Morgan fingerprint density at radius 2 is 1.95 bits per heavy atom. The summed E-state index contributed by atoms with van der Waals surface area (Å²) >= 11 is 0. The highest BCUT2D eigenvalue weighted by Crippen LogP contribution is 2.13. The first kappa shape index (κ1) is 17.0. The molecule has 0 bridgehead atoms. The highest BCUT2D eigenvalue weighted by atomic mass is 16.5. The maximum absolute atomic E-state index is 12.3. The highest BCUT2D eigenvalue weighted by molar-refractivity contribution is 5.83. The number of carbonyl (C=O) groups excluding carboxylic acids is 1. The standard InChI is InChI=1S/C15H22N2O4/c1-16(2)7-8-17(11-15(19)20)14(18)10-12-5-4-6-13(9-12)21-3/h4-6,9H,7-8,10-11H2,1-3H3,(H,19,20). The van der Waals surface area contributed by atoms with Crippen LogP contribution in [0.5, 0.6) is 5.75 Å². The SMILES string of the molecule is COc1cccc(CC(=O)N(CCN(C)C)CC(=O)O)c1. The third-order valence-corrected chi connectivity index (χ3v) is 2.99. The Kier molecular flexibility index (Phi) is 6.68. The number of hydrogen-bond donors (Lipinski definition) is 1. The van der Waals surface area contributed by atoms with Gasteiger partial charge in [0.25, 0.3) is 0 Å². The average molecular weight is 294 g/mol. The number of ether oxygens (including phenoxy) is 1. The Hall–Kier alpha value is -2.08. The van der Waals surface area contributed by atoms with Crippen molar-refractivity contribution in [2.75, 3.05) is 40.8 Å². The fourth-order valence-electron chi connectivity index (χ4n) is 1.84. The Bertz CT molecular complexity index is 488. The third kappa shape index (κ3) is 6.27. The van der Waals surface area contributed by atoms with Gasteiger partial charge in [0.2, 0.25) is 5.91 Å². The first-order valence-corrected chi connectivity index (χ1v) is 6.69. The summed E-state index contributed by atoms with van der Waals surface area (Å²) in [7, 11) is 5.33. The Morgan fingerprint density at radius 1 is 1.24 bits per heavy atom. The molecular weight excluding hydrogens is 272 g/mol. The minimum Gasteiger partial charge on any atom is -0.497 e. The first-order valence-electron chi connectivity index (χ1n) is 6.69. The molecule has 1 amide bonds. The van der Waals surface area contributed by atoms with Crippen molar-refractivity contribution in [2.24, 2.45) is 0 Å². The van der Waals surface area contributed by atoms with Gasteiger partial charge in [0.15, 0.2) is 0 Å². The minimum absolute atomic E-state index is 0.165. The van der Waals surface area contributed by atoms with Gasteiger partial charge in [-0.2, -0.15) is 0 Å². The van der Waals surface area contributed by atoms with E-state index in [-0.39, 0.29) is 18.9 Å². The molecule has 21 heavy (non-hydrogen) atoms. The highest BCUT2D eigenvalue weighted by Gasteiger charge is 2.17. The molecule has 0 aliphatic rings. The summed E-state index contributed by atoms with van der Waals surface area (Å²) in [6, 6.07) is 7.21. The summed E-state index contributed by atoms with van der Waals surface area (Å²) in [6.07, 6.45) is 0.165. The molecule has 0 heterocycles. The molecule has 0 saturated carbocycles. The van der Waals surface area contributed by atoms with Gasteiger partial charge in [0, 0.05) is 13.1 Å². The maximum Gasteiger partial charge on any atom is 0.323 e. The third-order valence-electron chi connectivity index (χ3n) is 2.99. The Balaban J connectivity index is 2.72. The lowest BCUT2D eigenvalue weighted by Gasteiger charge is -2.22. The molecule has 0 aromatic heterocycles. The van der Waals surface area contributed by atoms with Gasteiger partial charge in [0.1, 0.15) is 12.3 Å². The van der Waals surface area contributed by atoms with Crippen molar-refractivity contribution in [2.45, 2.75) is 6.42 Å². The van der Waals surface area contributed by atoms with Crippen LogP contribution in [-0.2, 0) is 16.0 Å². The number of likely N-dealkylation sites (N-methyl/N-ethyl adjacent to an activating group) is 1.